The van der Waals surface area contributed by atoms with Gasteiger partial charge in [-0.15, -0.1) is 0 Å². The second-order valence-corrected chi connectivity index (χ2v) is 5.73. The molecule has 0 radical (unpaired) electrons. The van der Waals surface area contributed by atoms with Gasteiger partial charge in [0.25, 0.3) is 0 Å². The highest BCUT2D eigenvalue weighted by Gasteiger charge is 2.35. The van der Waals surface area contributed by atoms with Gasteiger partial charge in [-0.2, -0.15) is 0 Å². The maximum Gasteiger partial charge on any atom is 0.0270 e. The maximum atomic E-state index is 4.16. The van der Waals surface area contributed by atoms with Crippen molar-refractivity contribution in [3.63, 3.8) is 0 Å². The molecule has 1 aromatic heterocycles. The molecule has 17 heavy (non-hydrogen) atoms. The van der Waals surface area contributed by atoms with Crippen LogP contribution in [-0.2, 0) is 5.41 Å². The summed E-state index contributed by atoms with van der Waals surface area (Å²) in [6.07, 6.45) is 13.5. The number of rotatable bonds is 4. The lowest BCUT2D eigenvalue weighted by Crippen LogP contribution is -2.40. The van der Waals surface area contributed by atoms with Gasteiger partial charge in [0.15, 0.2) is 0 Å². The van der Waals surface area contributed by atoms with Crippen LogP contribution in [0.4, 0.5) is 0 Å². The van der Waals surface area contributed by atoms with Crippen molar-refractivity contribution in [2.75, 3.05) is 6.54 Å². The summed E-state index contributed by atoms with van der Waals surface area (Å²) in [5.41, 5.74) is 1.89. The highest BCUT2D eigenvalue weighted by atomic mass is 15.0. The van der Waals surface area contributed by atoms with Crippen molar-refractivity contribution in [1.29, 1.82) is 0 Å². The van der Waals surface area contributed by atoms with Crippen LogP contribution in [0.3, 0.4) is 0 Å². The molecule has 2 aliphatic rings. The van der Waals surface area contributed by atoms with E-state index in [2.05, 4.69) is 22.4 Å². The highest BCUT2D eigenvalue weighted by molar-refractivity contribution is 5.24. The Morgan fingerprint density at radius 2 is 1.82 bits per heavy atom. The molecular weight excluding hydrogens is 208 g/mol. The Hall–Kier alpha value is -0.890. The second-order valence-electron chi connectivity index (χ2n) is 5.73. The first-order valence-electron chi connectivity index (χ1n) is 7.03. The highest BCUT2D eigenvalue weighted by Crippen LogP contribution is 2.39. The van der Waals surface area contributed by atoms with Gasteiger partial charge in [-0.05, 0) is 43.4 Å². The van der Waals surface area contributed by atoms with E-state index in [0.717, 1.165) is 6.04 Å². The van der Waals surface area contributed by atoms with Gasteiger partial charge >= 0.3 is 0 Å². The minimum atomic E-state index is 0.393. The summed E-state index contributed by atoms with van der Waals surface area (Å²) in [7, 11) is 0. The lowest BCUT2D eigenvalue weighted by molar-refractivity contribution is 0.279. The zero-order valence-corrected chi connectivity index (χ0v) is 10.5. The first-order chi connectivity index (χ1) is 8.39. The molecular formula is C15H22N2. The number of nitrogens with one attached hydrogen (secondary N) is 1. The molecule has 0 spiro atoms. The number of nitrogens with zero attached hydrogens (tertiary/aromatic N) is 1. The standard InChI is InChI=1S/C15H22N2/c1-2-8-15(9-3-1,12-17-14-4-5-14)13-6-10-16-11-7-13/h6-7,10-11,14,17H,1-5,8-9,12H2. The molecule has 2 heteroatoms. The first kappa shape index (κ1) is 11.2. The zero-order chi connectivity index (χ0) is 11.6. The Morgan fingerprint density at radius 3 is 2.47 bits per heavy atom. The quantitative estimate of drug-likeness (QED) is 0.860. The minimum Gasteiger partial charge on any atom is -0.313 e. The van der Waals surface area contributed by atoms with E-state index in [1.165, 1.54) is 57.1 Å². The third kappa shape index (κ3) is 2.52. The van der Waals surface area contributed by atoms with Crippen LogP contribution in [0.25, 0.3) is 0 Å². The van der Waals surface area contributed by atoms with Crippen LogP contribution in [0.1, 0.15) is 50.5 Å². The molecule has 0 saturated heterocycles. The number of aromatic nitrogens is 1. The van der Waals surface area contributed by atoms with Gasteiger partial charge in [0.2, 0.25) is 0 Å². The molecule has 1 heterocycles. The fourth-order valence-electron chi connectivity index (χ4n) is 3.13. The molecule has 2 fully saturated rings. The molecule has 1 N–H and O–H groups in total. The lowest BCUT2D eigenvalue weighted by atomic mass is 9.69. The summed E-state index contributed by atoms with van der Waals surface area (Å²) in [5.74, 6) is 0. The van der Waals surface area contributed by atoms with Crippen molar-refractivity contribution in [3.05, 3.63) is 30.1 Å². The topological polar surface area (TPSA) is 24.9 Å². The molecule has 1 aromatic rings. The van der Waals surface area contributed by atoms with E-state index in [-0.39, 0.29) is 0 Å². The third-order valence-corrected chi connectivity index (χ3v) is 4.41. The molecule has 2 nitrogen and oxygen atoms in total. The van der Waals surface area contributed by atoms with Crippen LogP contribution in [0, 0.1) is 0 Å². The van der Waals surface area contributed by atoms with Crippen molar-refractivity contribution in [3.8, 4) is 0 Å². The van der Waals surface area contributed by atoms with E-state index >= 15 is 0 Å². The zero-order valence-electron chi connectivity index (χ0n) is 10.5. The summed E-state index contributed by atoms with van der Waals surface area (Å²) in [4.78, 5) is 4.16. The molecule has 3 rings (SSSR count). The van der Waals surface area contributed by atoms with Gasteiger partial charge < -0.3 is 5.32 Å². The SMILES string of the molecule is c1cc(C2(CNC3CC3)CCCCC2)ccn1. The molecule has 2 aliphatic carbocycles. The van der Waals surface area contributed by atoms with Crippen molar-refractivity contribution in [2.24, 2.45) is 0 Å². The van der Waals surface area contributed by atoms with Crippen LogP contribution in [0.5, 0.6) is 0 Å². The molecule has 92 valence electrons. The molecule has 0 bridgehead atoms. The monoisotopic (exact) mass is 230 g/mol. The van der Waals surface area contributed by atoms with Gasteiger partial charge in [-0.3, -0.25) is 4.98 Å². The van der Waals surface area contributed by atoms with Crippen molar-refractivity contribution in [2.45, 2.75) is 56.4 Å². The van der Waals surface area contributed by atoms with Gasteiger partial charge in [-0.1, -0.05) is 19.3 Å². The Morgan fingerprint density at radius 1 is 1.12 bits per heavy atom. The van der Waals surface area contributed by atoms with Crippen LogP contribution >= 0.6 is 0 Å². The minimum absolute atomic E-state index is 0.393. The van der Waals surface area contributed by atoms with Crippen molar-refractivity contribution in [1.82, 2.24) is 10.3 Å². The third-order valence-electron chi connectivity index (χ3n) is 4.41. The van der Waals surface area contributed by atoms with Crippen molar-refractivity contribution >= 4 is 0 Å². The summed E-state index contributed by atoms with van der Waals surface area (Å²) in [6, 6.07) is 5.26. The molecule has 0 atom stereocenters. The lowest BCUT2D eigenvalue weighted by Gasteiger charge is -2.38. The fourth-order valence-corrected chi connectivity index (χ4v) is 3.13. The average Bonchev–Trinajstić information content (AvgIpc) is 3.23. The van der Waals surface area contributed by atoms with Crippen molar-refractivity contribution < 1.29 is 0 Å². The van der Waals surface area contributed by atoms with Gasteiger partial charge in [0.05, 0.1) is 0 Å². The number of pyridine rings is 1. The van der Waals surface area contributed by atoms with Gasteiger partial charge in [0.1, 0.15) is 0 Å². The summed E-state index contributed by atoms with van der Waals surface area (Å²) < 4.78 is 0. The smallest absolute Gasteiger partial charge is 0.0270 e. The van der Waals surface area contributed by atoms with E-state index in [9.17, 15) is 0 Å². The Bertz CT molecular complexity index is 350. The van der Waals surface area contributed by atoms with E-state index < -0.39 is 0 Å². The summed E-state index contributed by atoms with van der Waals surface area (Å²) in [6.45, 7) is 1.17. The summed E-state index contributed by atoms with van der Waals surface area (Å²) >= 11 is 0. The van der Waals surface area contributed by atoms with Gasteiger partial charge in [-0.25, -0.2) is 0 Å². The predicted molar refractivity (Wildman–Crippen MR) is 70.0 cm³/mol. The maximum absolute atomic E-state index is 4.16. The number of hydrogen-bond donors (Lipinski definition) is 1. The molecule has 2 saturated carbocycles. The average molecular weight is 230 g/mol. The van der Waals surface area contributed by atoms with Crippen LogP contribution in [-0.4, -0.2) is 17.6 Å². The van der Waals surface area contributed by atoms with E-state index in [1.807, 2.05) is 12.4 Å². The predicted octanol–water partition coefficient (Wildman–Crippen LogP) is 3.04. The van der Waals surface area contributed by atoms with Crippen LogP contribution in [0.15, 0.2) is 24.5 Å². The van der Waals surface area contributed by atoms with Crippen LogP contribution < -0.4 is 5.32 Å². The van der Waals surface area contributed by atoms with E-state index in [0.29, 0.717) is 5.41 Å². The Kier molecular flexibility index (Phi) is 3.15. The molecule has 0 aromatic carbocycles. The molecule has 0 unspecified atom stereocenters. The number of hydrogen-bond acceptors (Lipinski definition) is 2. The first-order valence-corrected chi connectivity index (χ1v) is 7.03. The van der Waals surface area contributed by atoms with E-state index in [4.69, 9.17) is 0 Å². The normalized spacial score (nSPS) is 23.5. The van der Waals surface area contributed by atoms with E-state index in [1.54, 1.807) is 0 Å². The summed E-state index contributed by atoms with van der Waals surface area (Å²) in [5, 5.41) is 3.75. The molecule has 0 aliphatic heterocycles. The van der Waals surface area contributed by atoms with Gasteiger partial charge in [0, 0.05) is 30.4 Å². The fraction of sp³-hybridized carbons (Fsp3) is 0.667. The second kappa shape index (κ2) is 4.77. The largest absolute Gasteiger partial charge is 0.313 e. The Labute approximate surface area is 104 Å². The Balaban J connectivity index is 1.78. The molecule has 0 amide bonds. The van der Waals surface area contributed by atoms with Crippen LogP contribution in [0.2, 0.25) is 0 Å².